The minimum atomic E-state index is -4.64. The van der Waals surface area contributed by atoms with E-state index in [2.05, 4.69) is 26.0 Å². The Morgan fingerprint density at radius 2 is 0.537 bits per heavy atom. The molecule has 0 fully saturated rings. The molecule has 566 valence electrons. The molecule has 0 saturated carbocycles. The molecule has 0 aromatic rings. The number of ether oxygens (including phenoxy) is 2. The van der Waals surface area contributed by atoms with Gasteiger partial charge in [-0.25, -0.2) is 0 Å². The number of carbonyl (C=O) groups is 2. The van der Waals surface area contributed by atoms with Crippen molar-refractivity contribution < 1.29 is 42.1 Å². The maximum absolute atomic E-state index is 12.9. The van der Waals surface area contributed by atoms with Crippen LogP contribution in [0.4, 0.5) is 0 Å². The Labute approximate surface area is 594 Å². The van der Waals surface area contributed by atoms with E-state index in [1.54, 1.807) is 0 Å². The number of phosphoric ester groups is 1. The van der Waals surface area contributed by atoms with Gasteiger partial charge in [-0.3, -0.25) is 14.2 Å². The van der Waals surface area contributed by atoms with Gasteiger partial charge in [-0.1, -0.05) is 431 Å². The van der Waals surface area contributed by atoms with Gasteiger partial charge >= 0.3 is 11.9 Å². The maximum atomic E-state index is 12.9. The normalized spacial score (nSPS) is 12.9. The summed E-state index contributed by atoms with van der Waals surface area (Å²) in [6.45, 7) is 4.35. The van der Waals surface area contributed by atoms with Crippen LogP contribution in [0, 0.1) is 0 Å². The molecule has 0 aliphatic rings. The molecule has 2 atom stereocenters. The predicted octanol–water partition coefficient (Wildman–Crippen LogP) is 27.9. The minimum Gasteiger partial charge on any atom is -0.756 e. The monoisotopic (exact) mass is 1360 g/mol. The molecule has 0 aliphatic carbocycles. The highest BCUT2D eigenvalue weighted by molar-refractivity contribution is 7.45. The van der Waals surface area contributed by atoms with Crippen molar-refractivity contribution >= 4 is 19.8 Å². The molecule has 0 saturated heterocycles. The highest BCUT2D eigenvalue weighted by atomic mass is 31.2. The Morgan fingerprint density at radius 1 is 0.316 bits per heavy atom. The van der Waals surface area contributed by atoms with Crippen LogP contribution in [0.2, 0.25) is 0 Å². The number of nitrogens with zero attached hydrogens (tertiary/aromatic N) is 1. The third kappa shape index (κ3) is 81.6. The summed E-state index contributed by atoms with van der Waals surface area (Å²) in [5.41, 5.74) is 0. The SMILES string of the molecule is CCCCCCCCCC/C=C\CCCCCCCCCCCCCCCCCCCCCCCCCC(=O)OC(COC(=O)CCCCCCCCCCCCCCCCCCCCCCCCCCCCCCCCCCCCCC)COP(=O)([O-])OCC[N+](C)(C)C. The lowest BCUT2D eigenvalue weighted by molar-refractivity contribution is -0.870. The second-order valence-corrected chi connectivity index (χ2v) is 32.3. The van der Waals surface area contributed by atoms with Crippen LogP contribution in [0.1, 0.15) is 470 Å². The van der Waals surface area contributed by atoms with Crippen molar-refractivity contribution in [3.8, 4) is 0 Å². The van der Waals surface area contributed by atoms with Gasteiger partial charge < -0.3 is 27.9 Å². The molecular formula is C85H168NO8P. The fraction of sp³-hybridized carbons (Fsp3) is 0.953. The van der Waals surface area contributed by atoms with Crippen molar-refractivity contribution in [2.24, 2.45) is 0 Å². The van der Waals surface area contributed by atoms with Gasteiger partial charge in [-0.2, -0.15) is 0 Å². The molecule has 0 amide bonds. The van der Waals surface area contributed by atoms with Crippen LogP contribution >= 0.6 is 7.82 Å². The van der Waals surface area contributed by atoms with E-state index in [4.69, 9.17) is 18.5 Å². The van der Waals surface area contributed by atoms with Crippen molar-refractivity contribution in [1.82, 2.24) is 0 Å². The number of hydrogen-bond acceptors (Lipinski definition) is 8. The minimum absolute atomic E-state index is 0.0254. The van der Waals surface area contributed by atoms with E-state index >= 15 is 0 Å². The van der Waals surface area contributed by atoms with E-state index in [0.29, 0.717) is 17.4 Å². The predicted molar refractivity (Wildman–Crippen MR) is 412 cm³/mol. The molecule has 0 radical (unpaired) electrons. The molecule has 0 bridgehead atoms. The molecule has 0 aliphatic heterocycles. The lowest BCUT2D eigenvalue weighted by Crippen LogP contribution is -2.37. The topological polar surface area (TPSA) is 111 Å². The van der Waals surface area contributed by atoms with Gasteiger partial charge in [0.2, 0.25) is 0 Å². The highest BCUT2D eigenvalue weighted by Crippen LogP contribution is 2.38. The average Bonchev–Trinajstić information content (AvgIpc) is 2.16. The lowest BCUT2D eigenvalue weighted by atomic mass is 10.0. The number of unbranched alkanes of at least 4 members (excludes halogenated alkanes) is 66. The molecule has 0 spiro atoms. The Morgan fingerprint density at radius 3 is 0.779 bits per heavy atom. The van der Waals surface area contributed by atoms with E-state index in [1.807, 2.05) is 21.1 Å². The maximum Gasteiger partial charge on any atom is 0.306 e. The molecule has 95 heavy (non-hydrogen) atoms. The molecule has 9 nitrogen and oxygen atoms in total. The van der Waals surface area contributed by atoms with E-state index in [9.17, 15) is 19.0 Å². The van der Waals surface area contributed by atoms with Gasteiger partial charge in [0.15, 0.2) is 6.10 Å². The van der Waals surface area contributed by atoms with E-state index in [0.717, 1.165) is 32.1 Å². The molecule has 0 N–H and O–H groups in total. The summed E-state index contributed by atoms with van der Waals surface area (Å²) in [5.74, 6) is -0.801. The molecule has 0 rings (SSSR count). The van der Waals surface area contributed by atoms with Crippen LogP contribution in [0.5, 0.6) is 0 Å². The fourth-order valence-corrected chi connectivity index (χ4v) is 14.2. The largest absolute Gasteiger partial charge is 0.756 e. The number of likely N-dealkylation sites (N-methyl/N-ethyl adjacent to an activating group) is 1. The van der Waals surface area contributed by atoms with Crippen LogP contribution in [0.25, 0.3) is 0 Å². The van der Waals surface area contributed by atoms with Crippen LogP contribution in [0.15, 0.2) is 12.2 Å². The summed E-state index contributed by atoms with van der Waals surface area (Å²) < 4.78 is 34.5. The van der Waals surface area contributed by atoms with Gasteiger partial charge in [0.25, 0.3) is 7.82 Å². The standard InChI is InChI=1S/C85H168NO8P/c1-6-8-10-12-14-16-18-20-22-24-26-28-30-32-34-36-38-40-42-44-45-47-49-51-53-55-57-59-61-63-65-67-69-71-73-75-77-84(87)91-81-83(82-93-95(89,90)92-80-79-86(3,4)5)94-85(88)78-76-74-72-70-68-66-64-62-60-58-56-54-52-50-48-46-43-41-39-37-35-33-31-29-27-25-23-21-19-17-15-13-11-9-7-2/h25,27,83H,6-24,26,28-82H2,1-5H3/b27-25-. The summed E-state index contributed by atoms with van der Waals surface area (Å²) >= 11 is 0. The van der Waals surface area contributed by atoms with Crippen molar-refractivity contribution in [3.63, 3.8) is 0 Å². The zero-order valence-electron chi connectivity index (χ0n) is 64.9. The second kappa shape index (κ2) is 76.9. The fourth-order valence-electron chi connectivity index (χ4n) is 13.5. The lowest BCUT2D eigenvalue weighted by Gasteiger charge is -2.28. The van der Waals surface area contributed by atoms with Gasteiger partial charge in [0, 0.05) is 12.8 Å². The molecule has 2 unspecified atom stereocenters. The molecule has 10 heteroatoms. The van der Waals surface area contributed by atoms with Crippen LogP contribution in [-0.2, 0) is 32.7 Å². The number of carbonyl (C=O) groups excluding carboxylic acids is 2. The van der Waals surface area contributed by atoms with E-state index < -0.39 is 26.5 Å². The van der Waals surface area contributed by atoms with E-state index in [1.165, 1.54) is 405 Å². The van der Waals surface area contributed by atoms with Gasteiger partial charge in [0.05, 0.1) is 27.7 Å². The van der Waals surface area contributed by atoms with Crippen LogP contribution in [0.3, 0.4) is 0 Å². The van der Waals surface area contributed by atoms with Gasteiger partial charge in [-0.15, -0.1) is 0 Å². The van der Waals surface area contributed by atoms with Crippen molar-refractivity contribution in [2.75, 3.05) is 47.5 Å². The van der Waals surface area contributed by atoms with Crippen molar-refractivity contribution in [3.05, 3.63) is 12.2 Å². The third-order valence-corrected chi connectivity index (χ3v) is 21.0. The molecule has 0 aromatic carbocycles. The summed E-state index contributed by atoms with van der Waals surface area (Å²) in [4.78, 5) is 38.2. The zero-order chi connectivity index (χ0) is 69.0. The van der Waals surface area contributed by atoms with Crippen LogP contribution in [-0.4, -0.2) is 70.0 Å². The Balaban J connectivity index is 3.85. The number of quaternary nitrogens is 1. The number of rotatable bonds is 82. The second-order valence-electron chi connectivity index (χ2n) is 30.9. The molecular weight excluding hydrogens is 1190 g/mol. The third-order valence-electron chi connectivity index (χ3n) is 20.0. The number of phosphoric acid groups is 1. The van der Waals surface area contributed by atoms with Gasteiger partial charge in [-0.05, 0) is 38.5 Å². The average molecular weight is 1360 g/mol. The Hall–Kier alpha value is -1.25. The quantitative estimate of drug-likeness (QED) is 0.0195. The summed E-state index contributed by atoms with van der Waals surface area (Å²) in [7, 11) is 1.20. The first-order valence-corrected chi connectivity index (χ1v) is 44.4. The number of esters is 2. The first-order valence-electron chi connectivity index (χ1n) is 42.9. The summed E-state index contributed by atoms with van der Waals surface area (Å²) in [6, 6.07) is 0. The van der Waals surface area contributed by atoms with Crippen molar-refractivity contribution in [1.29, 1.82) is 0 Å². The first-order chi connectivity index (χ1) is 46.5. The molecule has 0 aromatic heterocycles. The Kier molecular flexibility index (Phi) is 75.9. The first kappa shape index (κ1) is 93.8. The van der Waals surface area contributed by atoms with Crippen LogP contribution < -0.4 is 4.89 Å². The molecule has 0 heterocycles. The van der Waals surface area contributed by atoms with E-state index in [-0.39, 0.29) is 32.0 Å². The Bertz CT molecular complexity index is 1600. The number of hydrogen-bond donors (Lipinski definition) is 0. The number of allylic oxidation sites excluding steroid dienone is 2. The smallest absolute Gasteiger partial charge is 0.306 e. The summed E-state index contributed by atoms with van der Waals surface area (Å²) in [5, 5.41) is 0. The van der Waals surface area contributed by atoms with Gasteiger partial charge in [0.1, 0.15) is 19.8 Å². The van der Waals surface area contributed by atoms with Crippen molar-refractivity contribution in [2.45, 2.75) is 476 Å². The summed E-state index contributed by atoms with van der Waals surface area (Å²) in [6.07, 6.45) is 98.0. The zero-order valence-corrected chi connectivity index (χ0v) is 65.8. The highest BCUT2D eigenvalue weighted by Gasteiger charge is 2.22.